The summed E-state index contributed by atoms with van der Waals surface area (Å²) < 4.78 is 0. The zero-order valence-corrected chi connectivity index (χ0v) is 17.1. The van der Waals surface area contributed by atoms with E-state index in [4.69, 9.17) is 11.1 Å². The highest BCUT2D eigenvalue weighted by Gasteiger charge is 2.09. The van der Waals surface area contributed by atoms with Gasteiger partial charge in [-0.05, 0) is 36.2 Å². The quantitative estimate of drug-likeness (QED) is 0.348. The molecule has 0 aromatic heterocycles. The van der Waals surface area contributed by atoms with Crippen LogP contribution in [0.2, 0.25) is 0 Å². The fourth-order valence-corrected chi connectivity index (χ4v) is 2.92. The summed E-state index contributed by atoms with van der Waals surface area (Å²) in [7, 11) is 0. The Morgan fingerprint density at radius 1 is 0.931 bits per heavy atom. The fraction of sp³-hybridized carbons (Fsp3) is 0.130. The number of nitrogen functional groups attached to an aromatic ring is 1. The Morgan fingerprint density at radius 3 is 2.38 bits per heavy atom. The SMILES string of the molecule is Cc1cccc(C(=O)NCc2ccc(C(=N)N)cc2NCc2ccccc2)c1.Cl. The van der Waals surface area contributed by atoms with Crippen LogP contribution >= 0.6 is 12.4 Å². The summed E-state index contributed by atoms with van der Waals surface area (Å²) in [5, 5.41) is 14.0. The average Bonchev–Trinajstić information content (AvgIpc) is 2.71. The maximum atomic E-state index is 12.5. The van der Waals surface area contributed by atoms with Crippen LogP contribution in [-0.2, 0) is 13.1 Å². The highest BCUT2D eigenvalue weighted by Crippen LogP contribution is 2.19. The maximum absolute atomic E-state index is 12.5. The molecule has 0 saturated carbocycles. The molecule has 0 spiro atoms. The molecule has 0 fully saturated rings. The predicted octanol–water partition coefficient (Wildman–Crippen LogP) is 4.24. The van der Waals surface area contributed by atoms with Crippen LogP contribution in [0.15, 0.2) is 72.8 Å². The molecule has 6 heteroatoms. The van der Waals surface area contributed by atoms with Crippen LogP contribution < -0.4 is 16.4 Å². The normalized spacial score (nSPS) is 9.97. The minimum atomic E-state index is -0.117. The second-order valence-corrected chi connectivity index (χ2v) is 6.68. The number of benzene rings is 3. The molecule has 0 atom stereocenters. The van der Waals surface area contributed by atoms with E-state index in [-0.39, 0.29) is 24.1 Å². The van der Waals surface area contributed by atoms with Crippen molar-refractivity contribution in [2.24, 2.45) is 5.73 Å². The second kappa shape index (κ2) is 10.3. The van der Waals surface area contributed by atoms with Gasteiger partial charge in [0.2, 0.25) is 0 Å². The number of carbonyl (C=O) groups is 1. The molecule has 3 aromatic carbocycles. The monoisotopic (exact) mass is 408 g/mol. The Bertz CT molecular complexity index is 989. The lowest BCUT2D eigenvalue weighted by Crippen LogP contribution is -2.23. The number of hydrogen-bond donors (Lipinski definition) is 4. The van der Waals surface area contributed by atoms with Crippen LogP contribution in [0.1, 0.15) is 32.6 Å². The summed E-state index contributed by atoms with van der Waals surface area (Å²) in [5.41, 5.74) is 10.9. The Hall–Kier alpha value is -3.31. The molecule has 0 aliphatic heterocycles. The van der Waals surface area contributed by atoms with Crippen molar-refractivity contribution in [3.63, 3.8) is 0 Å². The summed E-state index contributed by atoms with van der Waals surface area (Å²) in [6.07, 6.45) is 0. The third kappa shape index (κ3) is 6.09. The lowest BCUT2D eigenvalue weighted by atomic mass is 10.1. The van der Waals surface area contributed by atoms with Gasteiger partial charge in [0.1, 0.15) is 5.84 Å². The molecule has 150 valence electrons. The van der Waals surface area contributed by atoms with Crippen molar-refractivity contribution in [2.75, 3.05) is 5.32 Å². The molecule has 29 heavy (non-hydrogen) atoms. The lowest BCUT2D eigenvalue weighted by Gasteiger charge is -2.15. The highest BCUT2D eigenvalue weighted by atomic mass is 35.5. The standard InChI is InChI=1S/C23H24N4O.ClH/c1-16-6-5-9-19(12-16)23(28)27-15-20-11-10-18(22(24)25)13-21(20)26-14-17-7-3-2-4-8-17;/h2-13,26H,14-15H2,1H3,(H3,24,25)(H,27,28);1H. The van der Waals surface area contributed by atoms with Crippen molar-refractivity contribution in [3.05, 3.63) is 101 Å². The number of anilines is 1. The van der Waals surface area contributed by atoms with Crippen LogP contribution in [0.3, 0.4) is 0 Å². The van der Waals surface area contributed by atoms with Gasteiger partial charge in [-0.1, -0.05) is 60.2 Å². The highest BCUT2D eigenvalue weighted by molar-refractivity contribution is 5.96. The molecule has 0 aliphatic carbocycles. The average molecular weight is 409 g/mol. The molecule has 0 radical (unpaired) electrons. The van der Waals surface area contributed by atoms with Gasteiger partial charge >= 0.3 is 0 Å². The van der Waals surface area contributed by atoms with E-state index in [1.807, 2.05) is 67.6 Å². The molecular formula is C23H25ClN4O. The lowest BCUT2D eigenvalue weighted by molar-refractivity contribution is 0.0951. The van der Waals surface area contributed by atoms with Gasteiger partial charge in [0.25, 0.3) is 5.91 Å². The number of halogens is 1. The zero-order valence-electron chi connectivity index (χ0n) is 16.2. The van der Waals surface area contributed by atoms with E-state index in [1.165, 1.54) is 0 Å². The summed E-state index contributed by atoms with van der Waals surface area (Å²) in [5.74, 6) is -0.105. The number of rotatable bonds is 7. The summed E-state index contributed by atoms with van der Waals surface area (Å²) >= 11 is 0. The Labute approximate surface area is 177 Å². The van der Waals surface area contributed by atoms with Crippen molar-refractivity contribution in [2.45, 2.75) is 20.0 Å². The maximum Gasteiger partial charge on any atom is 0.251 e. The van der Waals surface area contributed by atoms with Crippen molar-refractivity contribution in [1.29, 1.82) is 5.41 Å². The number of carbonyl (C=O) groups excluding carboxylic acids is 1. The predicted molar refractivity (Wildman–Crippen MR) is 121 cm³/mol. The summed E-state index contributed by atoms with van der Waals surface area (Å²) in [6.45, 7) is 2.98. The smallest absolute Gasteiger partial charge is 0.251 e. The Morgan fingerprint density at radius 2 is 1.69 bits per heavy atom. The van der Waals surface area contributed by atoms with E-state index in [2.05, 4.69) is 10.6 Å². The number of hydrogen-bond acceptors (Lipinski definition) is 3. The van der Waals surface area contributed by atoms with Gasteiger partial charge in [0.15, 0.2) is 0 Å². The summed E-state index contributed by atoms with van der Waals surface area (Å²) in [4.78, 5) is 12.5. The van der Waals surface area contributed by atoms with Crippen LogP contribution in [0.5, 0.6) is 0 Å². The third-order valence-corrected chi connectivity index (χ3v) is 4.47. The largest absolute Gasteiger partial charge is 0.384 e. The Balaban J connectivity index is 0.00000300. The molecule has 3 aromatic rings. The van der Waals surface area contributed by atoms with Gasteiger partial charge in [-0.3, -0.25) is 10.2 Å². The number of nitrogens with one attached hydrogen (secondary N) is 3. The van der Waals surface area contributed by atoms with Crippen molar-refractivity contribution in [3.8, 4) is 0 Å². The first-order valence-electron chi connectivity index (χ1n) is 9.13. The van der Waals surface area contributed by atoms with E-state index in [1.54, 1.807) is 12.1 Å². The van der Waals surface area contributed by atoms with Crippen molar-refractivity contribution >= 4 is 29.8 Å². The van der Waals surface area contributed by atoms with E-state index >= 15 is 0 Å². The molecule has 0 heterocycles. The summed E-state index contributed by atoms with van der Waals surface area (Å²) in [6, 6.07) is 23.1. The molecule has 0 saturated heterocycles. The first-order valence-corrected chi connectivity index (χ1v) is 9.13. The third-order valence-electron chi connectivity index (χ3n) is 4.47. The van der Waals surface area contributed by atoms with Gasteiger partial charge in [0.05, 0.1) is 0 Å². The van der Waals surface area contributed by atoms with Crippen molar-refractivity contribution in [1.82, 2.24) is 5.32 Å². The minimum absolute atomic E-state index is 0. The number of amides is 1. The van der Waals surface area contributed by atoms with Gasteiger partial charge in [0, 0.05) is 29.9 Å². The molecule has 5 N–H and O–H groups in total. The fourth-order valence-electron chi connectivity index (χ4n) is 2.92. The number of nitrogens with two attached hydrogens (primary N) is 1. The van der Waals surface area contributed by atoms with Gasteiger partial charge in [-0.25, -0.2) is 0 Å². The zero-order chi connectivity index (χ0) is 19.9. The van der Waals surface area contributed by atoms with Crippen LogP contribution in [0.25, 0.3) is 0 Å². The number of aryl methyl sites for hydroxylation is 1. The van der Waals surface area contributed by atoms with E-state index < -0.39 is 0 Å². The van der Waals surface area contributed by atoms with Crippen molar-refractivity contribution < 1.29 is 4.79 Å². The molecule has 0 unspecified atom stereocenters. The van der Waals surface area contributed by atoms with Crippen LogP contribution in [-0.4, -0.2) is 11.7 Å². The number of amidine groups is 1. The Kier molecular flexibility index (Phi) is 7.80. The first-order chi connectivity index (χ1) is 13.5. The topological polar surface area (TPSA) is 91.0 Å². The minimum Gasteiger partial charge on any atom is -0.384 e. The van der Waals surface area contributed by atoms with Gasteiger partial charge < -0.3 is 16.4 Å². The van der Waals surface area contributed by atoms with Crippen LogP contribution in [0.4, 0.5) is 5.69 Å². The van der Waals surface area contributed by atoms with E-state index in [0.29, 0.717) is 24.2 Å². The van der Waals surface area contributed by atoms with E-state index in [0.717, 1.165) is 22.4 Å². The molecular weight excluding hydrogens is 384 g/mol. The van der Waals surface area contributed by atoms with Crippen LogP contribution in [0, 0.1) is 12.3 Å². The molecule has 5 nitrogen and oxygen atoms in total. The second-order valence-electron chi connectivity index (χ2n) is 6.68. The van der Waals surface area contributed by atoms with Gasteiger partial charge in [-0.2, -0.15) is 0 Å². The molecule has 3 rings (SSSR count). The molecule has 0 aliphatic rings. The van der Waals surface area contributed by atoms with E-state index in [9.17, 15) is 4.79 Å². The molecule has 0 bridgehead atoms. The van der Waals surface area contributed by atoms with Gasteiger partial charge in [-0.15, -0.1) is 12.4 Å². The first kappa shape index (κ1) is 22.0. The molecule has 1 amide bonds.